The lowest BCUT2D eigenvalue weighted by atomic mass is 10.3. The minimum Gasteiger partial charge on any atom is -0.481 e. The van der Waals surface area contributed by atoms with Crippen molar-refractivity contribution in [2.45, 2.75) is 6.42 Å². The molecule has 2 aromatic rings. The normalized spacial score (nSPS) is 9.90. The van der Waals surface area contributed by atoms with Crippen LogP contribution in [0.3, 0.4) is 0 Å². The molecule has 0 spiro atoms. The van der Waals surface area contributed by atoms with Crippen LogP contribution in [0.15, 0.2) is 54.7 Å². The Hall–Kier alpha value is -2.89. The molecule has 1 N–H and O–H groups in total. The van der Waals surface area contributed by atoms with E-state index in [0.717, 1.165) is 0 Å². The number of rotatable bonds is 5. The molecule has 0 fully saturated rings. The monoisotopic (exact) mass is 286 g/mol. The van der Waals surface area contributed by atoms with Crippen LogP contribution in [0.4, 0.5) is 10.5 Å². The molecular weight excluding hydrogens is 272 g/mol. The lowest BCUT2D eigenvalue weighted by Crippen LogP contribution is -2.35. The van der Waals surface area contributed by atoms with Crippen molar-refractivity contribution in [3.63, 3.8) is 0 Å². The van der Waals surface area contributed by atoms with Gasteiger partial charge in [-0.05, 0) is 18.2 Å². The van der Waals surface area contributed by atoms with Gasteiger partial charge in [-0.15, -0.1) is 0 Å². The van der Waals surface area contributed by atoms with Crippen molar-refractivity contribution in [2.24, 2.45) is 0 Å². The summed E-state index contributed by atoms with van der Waals surface area (Å²) in [6, 6.07) is 13.7. The van der Waals surface area contributed by atoms with E-state index in [4.69, 9.17) is 9.84 Å². The van der Waals surface area contributed by atoms with E-state index >= 15 is 0 Å². The molecule has 1 heterocycles. The number of pyridine rings is 1. The molecule has 6 heteroatoms. The highest BCUT2D eigenvalue weighted by Crippen LogP contribution is 2.16. The van der Waals surface area contributed by atoms with E-state index in [0.29, 0.717) is 5.69 Å². The SMILES string of the molecule is O=C(O)CCN(C(=O)Oc1ccccn1)c1ccccc1. The van der Waals surface area contributed by atoms with E-state index in [2.05, 4.69) is 4.98 Å². The molecule has 0 saturated heterocycles. The Bertz CT molecular complexity index is 602. The first-order valence-electron chi connectivity index (χ1n) is 6.34. The maximum absolute atomic E-state index is 12.2. The van der Waals surface area contributed by atoms with Crippen molar-refractivity contribution in [3.8, 4) is 5.88 Å². The highest BCUT2D eigenvalue weighted by molar-refractivity contribution is 5.89. The fraction of sp³-hybridized carbons (Fsp3) is 0.133. The number of benzene rings is 1. The quantitative estimate of drug-likeness (QED) is 0.913. The zero-order chi connectivity index (χ0) is 15.1. The molecule has 108 valence electrons. The lowest BCUT2D eigenvalue weighted by Gasteiger charge is -2.20. The number of amides is 1. The summed E-state index contributed by atoms with van der Waals surface area (Å²) in [5.74, 6) is -0.819. The first-order valence-corrected chi connectivity index (χ1v) is 6.34. The van der Waals surface area contributed by atoms with Crippen molar-refractivity contribution in [2.75, 3.05) is 11.4 Å². The van der Waals surface area contributed by atoms with Crippen LogP contribution in [0.5, 0.6) is 5.88 Å². The largest absolute Gasteiger partial charge is 0.481 e. The minimum absolute atomic E-state index is 0.0189. The number of nitrogens with zero attached hydrogens (tertiary/aromatic N) is 2. The number of carbonyl (C=O) groups is 2. The summed E-state index contributed by atoms with van der Waals surface area (Å²) < 4.78 is 5.15. The first kappa shape index (κ1) is 14.5. The molecule has 0 atom stereocenters. The molecule has 0 aliphatic rings. The van der Waals surface area contributed by atoms with Crippen LogP contribution in [0, 0.1) is 0 Å². The van der Waals surface area contributed by atoms with Crippen molar-refractivity contribution in [1.82, 2.24) is 4.98 Å². The van der Waals surface area contributed by atoms with Crippen LogP contribution in [0.25, 0.3) is 0 Å². The molecule has 0 bridgehead atoms. The van der Waals surface area contributed by atoms with Gasteiger partial charge >= 0.3 is 12.1 Å². The topological polar surface area (TPSA) is 79.7 Å². The van der Waals surface area contributed by atoms with Crippen molar-refractivity contribution in [1.29, 1.82) is 0 Å². The molecule has 1 amide bonds. The summed E-state index contributed by atoms with van der Waals surface area (Å²) in [6.45, 7) is 0.0189. The fourth-order valence-electron chi connectivity index (χ4n) is 1.69. The van der Waals surface area contributed by atoms with E-state index < -0.39 is 12.1 Å². The van der Waals surface area contributed by atoms with Gasteiger partial charge in [-0.25, -0.2) is 9.78 Å². The van der Waals surface area contributed by atoms with Gasteiger partial charge in [0.2, 0.25) is 5.88 Å². The molecule has 6 nitrogen and oxygen atoms in total. The predicted octanol–water partition coefficient (Wildman–Crippen LogP) is 2.56. The Balaban J connectivity index is 2.14. The van der Waals surface area contributed by atoms with Crippen molar-refractivity contribution in [3.05, 3.63) is 54.7 Å². The Labute approximate surface area is 121 Å². The number of aliphatic carboxylic acids is 1. The Morgan fingerprint density at radius 2 is 1.81 bits per heavy atom. The van der Waals surface area contributed by atoms with Crippen LogP contribution in [0.2, 0.25) is 0 Å². The van der Waals surface area contributed by atoms with Gasteiger partial charge in [-0.3, -0.25) is 9.69 Å². The Morgan fingerprint density at radius 3 is 2.43 bits per heavy atom. The number of carboxylic acids is 1. The Kier molecular flexibility index (Phi) is 4.87. The highest BCUT2D eigenvalue weighted by atomic mass is 16.6. The highest BCUT2D eigenvalue weighted by Gasteiger charge is 2.19. The van der Waals surface area contributed by atoms with E-state index in [1.54, 1.807) is 42.5 Å². The molecule has 0 aliphatic heterocycles. The third kappa shape index (κ3) is 4.31. The number of aromatic nitrogens is 1. The van der Waals surface area contributed by atoms with Gasteiger partial charge in [0, 0.05) is 24.5 Å². The zero-order valence-electron chi connectivity index (χ0n) is 11.2. The molecule has 21 heavy (non-hydrogen) atoms. The van der Waals surface area contributed by atoms with E-state index in [9.17, 15) is 9.59 Å². The van der Waals surface area contributed by atoms with Crippen LogP contribution in [-0.4, -0.2) is 28.7 Å². The maximum Gasteiger partial charge on any atom is 0.421 e. The number of para-hydroxylation sites is 1. The number of carbonyl (C=O) groups excluding carboxylic acids is 1. The van der Waals surface area contributed by atoms with E-state index in [1.165, 1.54) is 11.1 Å². The van der Waals surface area contributed by atoms with Gasteiger partial charge in [0.25, 0.3) is 0 Å². The van der Waals surface area contributed by atoms with E-state index in [1.807, 2.05) is 6.07 Å². The van der Waals surface area contributed by atoms with Crippen molar-refractivity contribution >= 4 is 17.7 Å². The summed E-state index contributed by atoms with van der Waals surface area (Å²) in [6.07, 6.45) is 0.667. The van der Waals surface area contributed by atoms with Gasteiger partial charge in [-0.2, -0.15) is 0 Å². The smallest absolute Gasteiger partial charge is 0.421 e. The zero-order valence-corrected chi connectivity index (χ0v) is 11.2. The fourth-order valence-corrected chi connectivity index (χ4v) is 1.69. The van der Waals surface area contributed by atoms with Gasteiger partial charge in [0.1, 0.15) is 0 Å². The summed E-state index contributed by atoms with van der Waals surface area (Å²) >= 11 is 0. The molecule has 2 rings (SSSR count). The maximum atomic E-state index is 12.2. The summed E-state index contributed by atoms with van der Waals surface area (Å²) in [5.41, 5.74) is 0.569. The molecule has 1 aromatic carbocycles. The summed E-state index contributed by atoms with van der Waals surface area (Å²) in [4.78, 5) is 28.1. The van der Waals surface area contributed by atoms with Gasteiger partial charge < -0.3 is 9.84 Å². The number of carboxylic acid groups (broad SMARTS) is 1. The second kappa shape index (κ2) is 7.04. The third-order valence-electron chi connectivity index (χ3n) is 2.67. The molecule has 0 radical (unpaired) electrons. The van der Waals surface area contributed by atoms with Crippen LogP contribution in [0.1, 0.15) is 6.42 Å². The van der Waals surface area contributed by atoms with Gasteiger partial charge in [0.15, 0.2) is 0 Å². The molecule has 0 saturated carbocycles. The molecule has 1 aromatic heterocycles. The summed E-state index contributed by atoms with van der Waals surface area (Å²) in [7, 11) is 0. The summed E-state index contributed by atoms with van der Waals surface area (Å²) in [5, 5.41) is 8.79. The van der Waals surface area contributed by atoms with Gasteiger partial charge in [0.05, 0.1) is 6.42 Å². The molecule has 0 aliphatic carbocycles. The number of hydrogen-bond acceptors (Lipinski definition) is 4. The Morgan fingerprint density at radius 1 is 1.10 bits per heavy atom. The second-order valence-electron chi connectivity index (χ2n) is 4.17. The number of ether oxygens (including phenoxy) is 1. The number of hydrogen-bond donors (Lipinski definition) is 1. The van der Waals surface area contributed by atoms with E-state index in [-0.39, 0.29) is 18.8 Å². The third-order valence-corrected chi connectivity index (χ3v) is 2.67. The average Bonchev–Trinajstić information content (AvgIpc) is 2.49. The standard InChI is InChI=1S/C15H14N2O4/c18-14(19)9-11-17(12-6-2-1-3-7-12)15(20)21-13-8-4-5-10-16-13/h1-8,10H,9,11H2,(H,18,19). The first-order chi connectivity index (χ1) is 10.2. The lowest BCUT2D eigenvalue weighted by molar-refractivity contribution is -0.136. The van der Waals surface area contributed by atoms with Gasteiger partial charge in [-0.1, -0.05) is 24.3 Å². The predicted molar refractivity (Wildman–Crippen MR) is 76.3 cm³/mol. The number of anilines is 1. The second-order valence-corrected chi connectivity index (χ2v) is 4.17. The minimum atomic E-state index is -0.985. The average molecular weight is 286 g/mol. The van der Waals surface area contributed by atoms with Crippen LogP contribution in [-0.2, 0) is 4.79 Å². The molecule has 0 unspecified atom stereocenters. The van der Waals surface area contributed by atoms with Crippen LogP contribution < -0.4 is 9.64 Å². The van der Waals surface area contributed by atoms with Crippen LogP contribution >= 0.6 is 0 Å². The van der Waals surface area contributed by atoms with Crippen molar-refractivity contribution < 1.29 is 19.4 Å². The molecular formula is C15H14N2O4.